The molecule has 0 aliphatic heterocycles. The molecule has 1 atom stereocenters. The van der Waals surface area contributed by atoms with Crippen molar-refractivity contribution in [1.82, 2.24) is 0 Å². The van der Waals surface area contributed by atoms with Gasteiger partial charge in [-0.1, -0.05) is 17.7 Å². The number of amides is 1. The van der Waals surface area contributed by atoms with Gasteiger partial charge in [-0.05, 0) is 42.8 Å². The molecule has 0 radical (unpaired) electrons. The van der Waals surface area contributed by atoms with E-state index in [0.29, 0.717) is 11.4 Å². The number of rotatable bonds is 6. The minimum absolute atomic E-state index is 0.203. The summed E-state index contributed by atoms with van der Waals surface area (Å²) < 4.78 is 5.40. The van der Waals surface area contributed by atoms with Gasteiger partial charge in [0.1, 0.15) is 5.76 Å². The number of carbonyl (C=O) groups excluding carboxylic acids is 1. The van der Waals surface area contributed by atoms with E-state index in [4.69, 9.17) is 16.0 Å². The maximum Gasteiger partial charge on any atom is 0.214 e. The number of hydrogen-bond acceptors (Lipinski definition) is 2. The van der Waals surface area contributed by atoms with Gasteiger partial charge in [-0.2, -0.15) is 0 Å². The summed E-state index contributed by atoms with van der Waals surface area (Å²) in [7, 11) is 0. The van der Waals surface area contributed by atoms with Gasteiger partial charge < -0.3 is 9.32 Å². The molecule has 19 heavy (non-hydrogen) atoms. The Morgan fingerprint density at radius 1 is 1.32 bits per heavy atom. The summed E-state index contributed by atoms with van der Waals surface area (Å²) in [5.74, 6) is 0.724. The molecule has 98 valence electrons. The molecule has 0 saturated heterocycles. The van der Waals surface area contributed by atoms with Crippen molar-refractivity contribution in [1.29, 1.82) is 0 Å². The third kappa shape index (κ3) is 3.06. The quantitative estimate of drug-likeness (QED) is 0.584. The highest BCUT2D eigenvalue weighted by molar-refractivity contribution is 6.30. The molecule has 2 rings (SSSR count). The van der Waals surface area contributed by atoms with Crippen molar-refractivity contribution in [3.05, 3.63) is 66.1 Å². The Morgan fingerprint density at radius 3 is 2.58 bits per heavy atom. The van der Waals surface area contributed by atoms with Gasteiger partial charge in [0.05, 0.1) is 12.3 Å². The molecule has 3 nitrogen and oxygen atoms in total. The van der Waals surface area contributed by atoms with Crippen LogP contribution in [-0.4, -0.2) is 6.41 Å². The Morgan fingerprint density at radius 2 is 2.05 bits per heavy atom. The average molecular weight is 276 g/mol. The molecule has 1 aromatic heterocycles. The fourth-order valence-electron chi connectivity index (χ4n) is 1.93. The largest absolute Gasteiger partial charge is 0.467 e. The summed E-state index contributed by atoms with van der Waals surface area (Å²) in [6, 6.07) is 10.6. The summed E-state index contributed by atoms with van der Waals surface area (Å²) in [6.07, 6.45) is 4.75. The van der Waals surface area contributed by atoms with Crippen molar-refractivity contribution in [2.75, 3.05) is 4.90 Å². The van der Waals surface area contributed by atoms with Gasteiger partial charge in [0.15, 0.2) is 0 Å². The monoisotopic (exact) mass is 275 g/mol. The van der Waals surface area contributed by atoms with Crippen molar-refractivity contribution in [3.63, 3.8) is 0 Å². The zero-order valence-electron chi connectivity index (χ0n) is 10.3. The van der Waals surface area contributed by atoms with E-state index in [-0.39, 0.29) is 6.04 Å². The van der Waals surface area contributed by atoms with E-state index in [9.17, 15) is 4.79 Å². The molecule has 0 aliphatic rings. The molecule has 1 aromatic carbocycles. The van der Waals surface area contributed by atoms with E-state index in [1.807, 2.05) is 6.07 Å². The molecule has 0 fully saturated rings. The van der Waals surface area contributed by atoms with Crippen LogP contribution in [0.15, 0.2) is 59.7 Å². The van der Waals surface area contributed by atoms with Crippen molar-refractivity contribution in [2.45, 2.75) is 12.5 Å². The second kappa shape index (κ2) is 6.25. The van der Waals surface area contributed by atoms with Gasteiger partial charge in [0, 0.05) is 10.7 Å². The standard InChI is InChI=1S/C15H14ClNO2/c1-2-4-14(15-5-3-10-19-15)17(11-18)13-8-6-12(16)7-9-13/h2-3,5-11,14H,1,4H2. The summed E-state index contributed by atoms with van der Waals surface area (Å²) in [5.41, 5.74) is 0.766. The molecule has 1 amide bonds. The molecule has 0 bridgehead atoms. The SMILES string of the molecule is C=CCC(c1ccco1)N(C=O)c1ccc(Cl)cc1. The highest BCUT2D eigenvalue weighted by Crippen LogP contribution is 2.29. The van der Waals surface area contributed by atoms with Gasteiger partial charge in [0.25, 0.3) is 0 Å². The lowest BCUT2D eigenvalue weighted by atomic mass is 10.1. The minimum Gasteiger partial charge on any atom is -0.467 e. The second-order valence-corrected chi connectivity index (χ2v) is 4.48. The highest BCUT2D eigenvalue weighted by atomic mass is 35.5. The maximum atomic E-state index is 11.4. The normalized spacial score (nSPS) is 11.8. The molecule has 0 aliphatic carbocycles. The number of hydrogen-bond donors (Lipinski definition) is 0. The molecular weight excluding hydrogens is 262 g/mol. The van der Waals surface area contributed by atoms with Gasteiger partial charge in [0.2, 0.25) is 6.41 Å². The summed E-state index contributed by atoms with van der Waals surface area (Å²) in [4.78, 5) is 13.0. The van der Waals surface area contributed by atoms with Crippen LogP contribution in [0.2, 0.25) is 5.02 Å². The van der Waals surface area contributed by atoms with E-state index in [1.54, 1.807) is 47.6 Å². The number of anilines is 1. The number of carbonyl (C=O) groups is 1. The van der Waals surface area contributed by atoms with E-state index in [1.165, 1.54) is 0 Å². The van der Waals surface area contributed by atoms with Gasteiger partial charge in [-0.25, -0.2) is 0 Å². The number of benzene rings is 1. The first-order valence-electron chi connectivity index (χ1n) is 5.89. The summed E-state index contributed by atoms with van der Waals surface area (Å²) >= 11 is 5.86. The van der Waals surface area contributed by atoms with Crippen LogP contribution in [0, 0.1) is 0 Å². The van der Waals surface area contributed by atoms with Crippen molar-refractivity contribution < 1.29 is 9.21 Å². The van der Waals surface area contributed by atoms with Crippen LogP contribution in [-0.2, 0) is 4.79 Å². The first-order chi connectivity index (χ1) is 9.26. The summed E-state index contributed by atoms with van der Waals surface area (Å²) in [5, 5.41) is 0.632. The number of nitrogens with zero attached hydrogens (tertiary/aromatic N) is 1. The predicted molar refractivity (Wildman–Crippen MR) is 76.3 cm³/mol. The van der Waals surface area contributed by atoms with Crippen LogP contribution in [0.5, 0.6) is 0 Å². The van der Waals surface area contributed by atoms with Gasteiger partial charge in [-0.3, -0.25) is 4.79 Å². The smallest absolute Gasteiger partial charge is 0.214 e. The van der Waals surface area contributed by atoms with Crippen LogP contribution in [0.25, 0.3) is 0 Å². The number of halogens is 1. The van der Waals surface area contributed by atoms with Crippen molar-refractivity contribution in [3.8, 4) is 0 Å². The first kappa shape index (κ1) is 13.4. The molecule has 0 spiro atoms. The van der Waals surface area contributed by atoms with E-state index < -0.39 is 0 Å². The zero-order chi connectivity index (χ0) is 13.7. The van der Waals surface area contributed by atoms with Crippen LogP contribution in [0.3, 0.4) is 0 Å². The Balaban J connectivity index is 2.34. The Bertz CT molecular complexity index is 534. The zero-order valence-corrected chi connectivity index (χ0v) is 11.1. The van der Waals surface area contributed by atoms with Crippen molar-refractivity contribution >= 4 is 23.7 Å². The third-order valence-electron chi connectivity index (χ3n) is 2.84. The topological polar surface area (TPSA) is 33.5 Å². The molecule has 2 aromatic rings. The predicted octanol–water partition coefficient (Wildman–Crippen LogP) is 4.21. The molecule has 1 heterocycles. The fraction of sp³-hybridized carbons (Fsp3) is 0.133. The van der Waals surface area contributed by atoms with Crippen LogP contribution in [0.4, 0.5) is 5.69 Å². The Labute approximate surface area is 117 Å². The maximum absolute atomic E-state index is 11.4. The first-order valence-corrected chi connectivity index (χ1v) is 6.27. The van der Waals surface area contributed by atoms with Crippen molar-refractivity contribution in [2.24, 2.45) is 0 Å². The highest BCUT2D eigenvalue weighted by Gasteiger charge is 2.21. The van der Waals surface area contributed by atoms with E-state index >= 15 is 0 Å². The minimum atomic E-state index is -0.203. The van der Waals surface area contributed by atoms with Gasteiger partial charge in [-0.15, -0.1) is 6.58 Å². The van der Waals surface area contributed by atoms with E-state index in [2.05, 4.69) is 6.58 Å². The fourth-order valence-corrected chi connectivity index (χ4v) is 2.06. The molecule has 1 unspecified atom stereocenters. The molecule has 4 heteroatoms. The lowest BCUT2D eigenvalue weighted by molar-refractivity contribution is -0.108. The Kier molecular flexibility index (Phi) is 4.42. The van der Waals surface area contributed by atoms with E-state index in [0.717, 1.165) is 17.9 Å². The summed E-state index contributed by atoms with van der Waals surface area (Å²) in [6.45, 7) is 3.73. The Hall–Kier alpha value is -2.00. The molecule has 0 N–H and O–H groups in total. The lowest BCUT2D eigenvalue weighted by Crippen LogP contribution is -2.26. The molecular formula is C15H14ClNO2. The van der Waals surface area contributed by atoms with Crippen LogP contribution < -0.4 is 4.90 Å². The van der Waals surface area contributed by atoms with Gasteiger partial charge >= 0.3 is 0 Å². The second-order valence-electron chi connectivity index (χ2n) is 4.04. The number of furan rings is 1. The van der Waals surface area contributed by atoms with Crippen LogP contribution in [0.1, 0.15) is 18.2 Å². The lowest BCUT2D eigenvalue weighted by Gasteiger charge is -2.26. The van der Waals surface area contributed by atoms with Crippen LogP contribution >= 0.6 is 11.6 Å². The third-order valence-corrected chi connectivity index (χ3v) is 3.09. The molecule has 0 saturated carbocycles. The average Bonchev–Trinajstić information content (AvgIpc) is 2.94.